The Bertz CT molecular complexity index is 1330. The normalized spacial score (nSPS) is 12.6. The summed E-state index contributed by atoms with van der Waals surface area (Å²) in [5.41, 5.74) is 4.49. The lowest BCUT2D eigenvalue weighted by atomic mass is 10.1. The fourth-order valence-corrected chi connectivity index (χ4v) is 4.74. The number of carbonyl (C=O) groups excluding carboxylic acids is 3. The quantitative estimate of drug-likeness (QED) is 0.365. The highest BCUT2D eigenvalue weighted by Crippen LogP contribution is 2.29. The molecule has 34 heavy (non-hydrogen) atoms. The van der Waals surface area contributed by atoms with Gasteiger partial charge in [-0.3, -0.25) is 19.3 Å². The number of carbonyl (C=O) groups is 3. The van der Waals surface area contributed by atoms with Crippen LogP contribution in [0.1, 0.15) is 33.6 Å². The first-order chi connectivity index (χ1) is 16.6. The van der Waals surface area contributed by atoms with Gasteiger partial charge in [0.25, 0.3) is 11.8 Å². The van der Waals surface area contributed by atoms with E-state index in [0.717, 1.165) is 21.8 Å². The van der Waals surface area contributed by atoms with E-state index in [2.05, 4.69) is 5.32 Å². The molecule has 3 amide bonds. The lowest BCUT2D eigenvalue weighted by Gasteiger charge is -2.13. The van der Waals surface area contributed by atoms with Crippen molar-refractivity contribution in [3.63, 3.8) is 0 Å². The molecular weight excluding hydrogens is 446 g/mol. The van der Waals surface area contributed by atoms with Crippen LogP contribution in [0, 0.1) is 0 Å². The molecule has 1 N–H and O–H groups in total. The van der Waals surface area contributed by atoms with Crippen LogP contribution in [-0.4, -0.2) is 34.2 Å². The molecule has 168 valence electrons. The second-order valence-corrected chi connectivity index (χ2v) is 8.80. The SMILES string of the molecule is O=C(CCCN1C(=O)c2ccccc2C1=O)Nc1ccc(-c2csc(-c3ccccc3)n2)cc1. The summed E-state index contributed by atoms with van der Waals surface area (Å²) in [7, 11) is 0. The zero-order valence-electron chi connectivity index (χ0n) is 18.2. The number of nitrogens with zero attached hydrogens (tertiary/aromatic N) is 2. The van der Waals surface area contributed by atoms with Gasteiger partial charge in [-0.15, -0.1) is 11.3 Å². The number of hydrogen-bond donors (Lipinski definition) is 1. The first-order valence-electron chi connectivity index (χ1n) is 11.0. The summed E-state index contributed by atoms with van der Waals surface area (Å²) in [6, 6.07) is 24.4. The van der Waals surface area contributed by atoms with Crippen molar-refractivity contribution in [2.45, 2.75) is 12.8 Å². The molecule has 1 aliphatic heterocycles. The molecule has 3 aromatic carbocycles. The number of imide groups is 1. The molecule has 0 radical (unpaired) electrons. The molecular formula is C27H21N3O3S. The van der Waals surface area contributed by atoms with Gasteiger partial charge in [-0.2, -0.15) is 0 Å². The number of thiazole rings is 1. The molecule has 0 fully saturated rings. The van der Waals surface area contributed by atoms with Gasteiger partial charge in [-0.05, 0) is 30.7 Å². The first-order valence-corrected chi connectivity index (χ1v) is 11.8. The molecule has 0 unspecified atom stereocenters. The van der Waals surface area contributed by atoms with Crippen molar-refractivity contribution >= 4 is 34.7 Å². The fraction of sp³-hybridized carbons (Fsp3) is 0.111. The zero-order valence-corrected chi connectivity index (χ0v) is 19.0. The van der Waals surface area contributed by atoms with Gasteiger partial charge in [0.1, 0.15) is 5.01 Å². The predicted molar refractivity (Wildman–Crippen MR) is 133 cm³/mol. The molecule has 6 nitrogen and oxygen atoms in total. The molecule has 5 rings (SSSR count). The Morgan fingerprint density at radius 1 is 0.824 bits per heavy atom. The minimum absolute atomic E-state index is 0.163. The minimum atomic E-state index is -0.297. The van der Waals surface area contributed by atoms with E-state index < -0.39 is 0 Å². The second kappa shape index (κ2) is 9.41. The molecule has 0 atom stereocenters. The number of aromatic nitrogens is 1. The number of anilines is 1. The minimum Gasteiger partial charge on any atom is -0.326 e. The van der Waals surface area contributed by atoms with E-state index in [1.807, 2.05) is 60.0 Å². The highest BCUT2D eigenvalue weighted by atomic mass is 32.1. The van der Waals surface area contributed by atoms with E-state index >= 15 is 0 Å². The zero-order chi connectivity index (χ0) is 23.5. The number of hydrogen-bond acceptors (Lipinski definition) is 5. The Kier molecular flexibility index (Phi) is 6.01. The predicted octanol–water partition coefficient (Wildman–Crippen LogP) is 5.49. The molecule has 0 saturated heterocycles. The Morgan fingerprint density at radius 2 is 1.47 bits per heavy atom. The Hall–Kier alpha value is -4.10. The number of amides is 3. The number of rotatable bonds is 7. The summed E-state index contributed by atoms with van der Waals surface area (Å²) >= 11 is 1.60. The van der Waals surface area contributed by atoms with Crippen LogP contribution in [0.3, 0.4) is 0 Å². The Balaban J connectivity index is 1.14. The van der Waals surface area contributed by atoms with Crippen LogP contribution in [0.4, 0.5) is 5.69 Å². The highest BCUT2D eigenvalue weighted by Gasteiger charge is 2.34. The third-order valence-corrected chi connectivity index (χ3v) is 6.54. The molecule has 4 aromatic rings. The maximum atomic E-state index is 12.4. The van der Waals surface area contributed by atoms with E-state index in [-0.39, 0.29) is 30.7 Å². The first kappa shape index (κ1) is 21.7. The van der Waals surface area contributed by atoms with Gasteiger partial charge in [0.15, 0.2) is 0 Å². The van der Waals surface area contributed by atoms with E-state index in [0.29, 0.717) is 23.2 Å². The molecule has 7 heteroatoms. The molecule has 0 bridgehead atoms. The number of fused-ring (bicyclic) bond motifs is 1. The lowest BCUT2D eigenvalue weighted by molar-refractivity contribution is -0.116. The molecule has 0 aliphatic carbocycles. The summed E-state index contributed by atoms with van der Waals surface area (Å²) in [4.78, 5) is 43.1. The van der Waals surface area contributed by atoms with Crippen LogP contribution in [0.5, 0.6) is 0 Å². The van der Waals surface area contributed by atoms with Crippen molar-refractivity contribution in [2.75, 3.05) is 11.9 Å². The van der Waals surface area contributed by atoms with Crippen molar-refractivity contribution in [1.29, 1.82) is 0 Å². The molecule has 2 heterocycles. The maximum Gasteiger partial charge on any atom is 0.261 e. The smallest absolute Gasteiger partial charge is 0.261 e. The highest BCUT2D eigenvalue weighted by molar-refractivity contribution is 7.13. The molecule has 1 aliphatic rings. The Labute approximate surface area is 200 Å². The van der Waals surface area contributed by atoms with Crippen LogP contribution in [-0.2, 0) is 4.79 Å². The van der Waals surface area contributed by atoms with E-state index in [9.17, 15) is 14.4 Å². The van der Waals surface area contributed by atoms with Crippen molar-refractivity contribution in [1.82, 2.24) is 9.88 Å². The summed E-state index contributed by atoms with van der Waals surface area (Å²) in [6.45, 7) is 0.215. The average Bonchev–Trinajstić information content (AvgIpc) is 3.45. The maximum absolute atomic E-state index is 12.4. The summed E-state index contributed by atoms with van der Waals surface area (Å²) in [5.74, 6) is -0.757. The van der Waals surface area contributed by atoms with Gasteiger partial charge in [-0.1, -0.05) is 54.6 Å². The van der Waals surface area contributed by atoms with Crippen LogP contribution in [0.2, 0.25) is 0 Å². The van der Waals surface area contributed by atoms with Crippen LogP contribution in [0.25, 0.3) is 21.8 Å². The van der Waals surface area contributed by atoms with Gasteiger partial charge in [0.05, 0.1) is 16.8 Å². The van der Waals surface area contributed by atoms with Gasteiger partial charge in [-0.25, -0.2) is 4.98 Å². The molecule has 1 aromatic heterocycles. The summed E-state index contributed by atoms with van der Waals surface area (Å²) < 4.78 is 0. The van der Waals surface area contributed by atoms with E-state index in [1.165, 1.54) is 4.90 Å². The number of benzene rings is 3. The van der Waals surface area contributed by atoms with E-state index in [1.54, 1.807) is 35.6 Å². The van der Waals surface area contributed by atoms with Crippen molar-refractivity contribution in [3.05, 3.63) is 95.4 Å². The van der Waals surface area contributed by atoms with E-state index in [4.69, 9.17) is 4.98 Å². The average molecular weight is 468 g/mol. The lowest BCUT2D eigenvalue weighted by Crippen LogP contribution is -2.31. The van der Waals surface area contributed by atoms with Gasteiger partial charge >= 0.3 is 0 Å². The third-order valence-electron chi connectivity index (χ3n) is 5.65. The Morgan fingerprint density at radius 3 is 2.15 bits per heavy atom. The van der Waals surface area contributed by atoms with Crippen molar-refractivity contribution in [3.8, 4) is 21.8 Å². The topological polar surface area (TPSA) is 79.4 Å². The van der Waals surface area contributed by atoms with Gasteiger partial charge in [0.2, 0.25) is 5.91 Å². The second-order valence-electron chi connectivity index (χ2n) is 7.94. The summed E-state index contributed by atoms with van der Waals surface area (Å²) in [5, 5.41) is 5.86. The monoisotopic (exact) mass is 467 g/mol. The van der Waals surface area contributed by atoms with Crippen molar-refractivity contribution < 1.29 is 14.4 Å². The number of nitrogens with one attached hydrogen (secondary N) is 1. The van der Waals surface area contributed by atoms with Crippen LogP contribution >= 0.6 is 11.3 Å². The fourth-order valence-electron chi connectivity index (χ4n) is 3.91. The summed E-state index contributed by atoms with van der Waals surface area (Å²) in [6.07, 6.45) is 0.609. The van der Waals surface area contributed by atoms with Crippen molar-refractivity contribution in [2.24, 2.45) is 0 Å². The van der Waals surface area contributed by atoms with Crippen LogP contribution < -0.4 is 5.32 Å². The van der Waals surface area contributed by atoms with Gasteiger partial charge < -0.3 is 5.32 Å². The molecule has 0 spiro atoms. The largest absolute Gasteiger partial charge is 0.326 e. The standard InChI is InChI=1S/C27H21N3O3S/c31-24(11-6-16-30-26(32)21-9-4-5-10-22(21)27(30)33)28-20-14-12-18(13-15-20)23-17-34-25(29-23)19-7-2-1-3-8-19/h1-5,7-10,12-15,17H,6,11,16H2,(H,28,31). The van der Waals surface area contributed by atoms with Gasteiger partial charge in [0, 0.05) is 35.2 Å². The van der Waals surface area contributed by atoms with Crippen LogP contribution in [0.15, 0.2) is 84.2 Å². The molecule has 0 saturated carbocycles. The third kappa shape index (κ3) is 4.38.